The second-order valence-electron chi connectivity index (χ2n) is 2.68. The van der Waals surface area contributed by atoms with E-state index in [0.29, 0.717) is 6.42 Å². The van der Waals surface area contributed by atoms with E-state index < -0.39 is 12.0 Å². The lowest BCUT2D eigenvalue weighted by molar-refractivity contribution is -0.141. The van der Waals surface area contributed by atoms with Gasteiger partial charge in [0.05, 0.1) is 13.2 Å². The Balaban J connectivity index is 3.67. The number of thioether (sulfide) groups is 1. The Morgan fingerprint density at radius 2 is 2.21 bits per heavy atom. The van der Waals surface area contributed by atoms with Crippen LogP contribution < -0.4 is 11.1 Å². The molecule has 0 aromatic rings. The summed E-state index contributed by atoms with van der Waals surface area (Å²) in [6, 6.07) is -0.549. The molecular formula is C8H16N2O3S. The standard InChI is InChI=1S/C8H16N2O3S/c1-13-7(11)5-10-8(12)6(9)3-4-14-2/h6H,3-5,9H2,1-2H3,(H,10,12)/t6-/m1/s1. The number of hydrogen-bond donors (Lipinski definition) is 2. The van der Waals surface area contributed by atoms with Crippen molar-refractivity contribution in [3.05, 3.63) is 0 Å². The summed E-state index contributed by atoms with van der Waals surface area (Å²) in [6.07, 6.45) is 2.55. The maximum atomic E-state index is 11.2. The minimum atomic E-state index is -0.549. The second-order valence-corrected chi connectivity index (χ2v) is 3.67. The molecule has 0 saturated carbocycles. The van der Waals surface area contributed by atoms with Crippen LogP contribution in [0.4, 0.5) is 0 Å². The normalized spacial score (nSPS) is 11.9. The maximum absolute atomic E-state index is 11.2. The SMILES string of the molecule is COC(=O)CNC(=O)[C@H](N)CCSC. The first-order chi connectivity index (χ1) is 6.61. The summed E-state index contributed by atoms with van der Waals surface area (Å²) in [7, 11) is 1.27. The summed E-state index contributed by atoms with van der Waals surface area (Å²) < 4.78 is 4.36. The molecule has 0 aliphatic heterocycles. The fourth-order valence-corrected chi connectivity index (χ4v) is 1.23. The van der Waals surface area contributed by atoms with E-state index >= 15 is 0 Å². The molecule has 5 nitrogen and oxygen atoms in total. The zero-order chi connectivity index (χ0) is 11.0. The van der Waals surface area contributed by atoms with Gasteiger partial charge in [-0.3, -0.25) is 9.59 Å². The Hall–Kier alpha value is -0.750. The number of carbonyl (C=O) groups excluding carboxylic acids is 2. The molecular weight excluding hydrogens is 204 g/mol. The molecule has 1 atom stereocenters. The van der Waals surface area contributed by atoms with E-state index in [1.54, 1.807) is 11.8 Å². The van der Waals surface area contributed by atoms with Gasteiger partial charge < -0.3 is 15.8 Å². The molecule has 0 aliphatic carbocycles. The highest BCUT2D eigenvalue weighted by Gasteiger charge is 2.13. The predicted molar refractivity (Wildman–Crippen MR) is 56.0 cm³/mol. The van der Waals surface area contributed by atoms with Crippen molar-refractivity contribution in [1.29, 1.82) is 0 Å². The molecule has 0 rings (SSSR count). The summed E-state index contributed by atoms with van der Waals surface area (Å²) in [6.45, 7) is -0.123. The second kappa shape index (κ2) is 7.64. The van der Waals surface area contributed by atoms with Crippen LogP contribution in [-0.4, -0.2) is 43.6 Å². The number of esters is 1. The van der Waals surface area contributed by atoms with E-state index in [4.69, 9.17) is 5.73 Å². The van der Waals surface area contributed by atoms with Gasteiger partial charge in [0.2, 0.25) is 5.91 Å². The average molecular weight is 220 g/mol. The lowest BCUT2D eigenvalue weighted by atomic mass is 10.2. The number of hydrogen-bond acceptors (Lipinski definition) is 5. The molecule has 0 aromatic heterocycles. The first-order valence-corrected chi connectivity index (χ1v) is 5.60. The van der Waals surface area contributed by atoms with Crippen molar-refractivity contribution < 1.29 is 14.3 Å². The molecule has 0 saturated heterocycles. The zero-order valence-electron chi connectivity index (χ0n) is 8.41. The van der Waals surface area contributed by atoms with Crippen molar-refractivity contribution >= 4 is 23.6 Å². The van der Waals surface area contributed by atoms with Crippen molar-refractivity contribution in [3.63, 3.8) is 0 Å². The number of nitrogens with one attached hydrogen (secondary N) is 1. The predicted octanol–water partition coefficient (Wildman–Crippen LogP) is -0.644. The number of carbonyl (C=O) groups is 2. The van der Waals surface area contributed by atoms with Crippen LogP contribution in [0.2, 0.25) is 0 Å². The molecule has 1 amide bonds. The van der Waals surface area contributed by atoms with Crippen molar-refractivity contribution in [2.75, 3.05) is 25.7 Å². The Morgan fingerprint density at radius 3 is 2.71 bits per heavy atom. The first kappa shape index (κ1) is 13.2. The zero-order valence-corrected chi connectivity index (χ0v) is 9.23. The van der Waals surface area contributed by atoms with Gasteiger partial charge in [-0.2, -0.15) is 11.8 Å². The molecule has 82 valence electrons. The number of ether oxygens (including phenoxy) is 1. The van der Waals surface area contributed by atoms with Crippen LogP contribution in [0.1, 0.15) is 6.42 Å². The highest BCUT2D eigenvalue weighted by molar-refractivity contribution is 7.98. The minimum absolute atomic E-state index is 0.123. The maximum Gasteiger partial charge on any atom is 0.325 e. The monoisotopic (exact) mass is 220 g/mol. The third-order valence-electron chi connectivity index (χ3n) is 1.60. The Bertz CT molecular complexity index is 199. The summed E-state index contributed by atoms with van der Waals surface area (Å²) >= 11 is 1.62. The summed E-state index contributed by atoms with van der Waals surface area (Å²) in [5.74, 6) is 0.0344. The van der Waals surface area contributed by atoms with Crippen LogP contribution in [0.25, 0.3) is 0 Å². The number of methoxy groups -OCH3 is 1. The minimum Gasteiger partial charge on any atom is -0.468 e. The van der Waals surface area contributed by atoms with Gasteiger partial charge in [-0.1, -0.05) is 0 Å². The Kier molecular flexibility index (Phi) is 7.23. The molecule has 0 radical (unpaired) electrons. The van der Waals surface area contributed by atoms with Crippen molar-refractivity contribution in [2.45, 2.75) is 12.5 Å². The summed E-state index contributed by atoms with van der Waals surface area (Å²) in [5.41, 5.74) is 5.55. The van der Waals surface area contributed by atoms with Crippen LogP contribution in [0.5, 0.6) is 0 Å². The van der Waals surface area contributed by atoms with E-state index in [2.05, 4.69) is 10.1 Å². The average Bonchev–Trinajstić information content (AvgIpc) is 2.21. The van der Waals surface area contributed by atoms with Gasteiger partial charge >= 0.3 is 5.97 Å². The largest absolute Gasteiger partial charge is 0.468 e. The lowest BCUT2D eigenvalue weighted by Gasteiger charge is -2.10. The molecule has 0 aromatic carbocycles. The molecule has 0 heterocycles. The van der Waals surface area contributed by atoms with E-state index in [1.165, 1.54) is 7.11 Å². The molecule has 6 heteroatoms. The number of nitrogens with two attached hydrogens (primary N) is 1. The van der Waals surface area contributed by atoms with Gasteiger partial charge in [-0.15, -0.1) is 0 Å². The van der Waals surface area contributed by atoms with Gasteiger partial charge in [-0.25, -0.2) is 0 Å². The number of rotatable bonds is 6. The highest BCUT2D eigenvalue weighted by Crippen LogP contribution is 1.98. The van der Waals surface area contributed by atoms with Crippen molar-refractivity contribution in [2.24, 2.45) is 5.73 Å². The van der Waals surface area contributed by atoms with E-state index in [1.807, 2.05) is 6.26 Å². The molecule has 0 aliphatic rings. The van der Waals surface area contributed by atoms with Crippen LogP contribution in [0.3, 0.4) is 0 Å². The molecule has 0 fully saturated rings. The molecule has 0 spiro atoms. The molecule has 0 bridgehead atoms. The molecule has 0 unspecified atom stereocenters. The summed E-state index contributed by atoms with van der Waals surface area (Å²) in [5, 5.41) is 2.39. The highest BCUT2D eigenvalue weighted by atomic mass is 32.2. The quantitative estimate of drug-likeness (QED) is 0.582. The Morgan fingerprint density at radius 1 is 1.57 bits per heavy atom. The smallest absolute Gasteiger partial charge is 0.325 e. The fourth-order valence-electron chi connectivity index (χ4n) is 0.738. The summed E-state index contributed by atoms with van der Waals surface area (Å²) in [4.78, 5) is 21.9. The fraction of sp³-hybridized carbons (Fsp3) is 0.750. The number of amides is 1. The molecule has 14 heavy (non-hydrogen) atoms. The topological polar surface area (TPSA) is 81.4 Å². The lowest BCUT2D eigenvalue weighted by Crippen LogP contribution is -2.43. The van der Waals surface area contributed by atoms with Gasteiger partial charge in [0.15, 0.2) is 0 Å². The van der Waals surface area contributed by atoms with Crippen molar-refractivity contribution in [3.8, 4) is 0 Å². The molecule has 3 N–H and O–H groups in total. The van der Waals surface area contributed by atoms with Crippen LogP contribution in [-0.2, 0) is 14.3 Å². The van der Waals surface area contributed by atoms with Gasteiger partial charge in [0, 0.05) is 0 Å². The third-order valence-corrected chi connectivity index (χ3v) is 2.25. The van der Waals surface area contributed by atoms with Crippen LogP contribution in [0, 0.1) is 0 Å². The van der Waals surface area contributed by atoms with E-state index in [-0.39, 0.29) is 12.5 Å². The van der Waals surface area contributed by atoms with Crippen LogP contribution in [0.15, 0.2) is 0 Å². The van der Waals surface area contributed by atoms with Gasteiger partial charge in [-0.05, 0) is 18.4 Å². The Labute approximate surface area is 87.7 Å². The first-order valence-electron chi connectivity index (χ1n) is 4.20. The van der Waals surface area contributed by atoms with Gasteiger partial charge in [0.25, 0.3) is 0 Å². The van der Waals surface area contributed by atoms with E-state index in [0.717, 1.165) is 5.75 Å². The van der Waals surface area contributed by atoms with Gasteiger partial charge in [0.1, 0.15) is 6.54 Å². The van der Waals surface area contributed by atoms with Crippen molar-refractivity contribution in [1.82, 2.24) is 5.32 Å². The third kappa shape index (κ3) is 5.82. The van der Waals surface area contributed by atoms with Crippen LogP contribution >= 0.6 is 11.8 Å². The van der Waals surface area contributed by atoms with E-state index in [9.17, 15) is 9.59 Å².